The monoisotopic (exact) mass is 407 g/mol. The van der Waals surface area contributed by atoms with Gasteiger partial charge < -0.3 is 5.32 Å². The molecule has 0 unspecified atom stereocenters. The number of alkyl halides is 3. The Labute approximate surface area is 157 Å². The number of carbonyl (C=O) groups is 1. The fraction of sp³-hybridized carbons (Fsp3) is 0.588. The van der Waals surface area contributed by atoms with Crippen LogP contribution in [0.3, 0.4) is 0 Å². The number of piperazine rings is 1. The van der Waals surface area contributed by atoms with Gasteiger partial charge in [0.2, 0.25) is 15.9 Å². The molecule has 27 heavy (non-hydrogen) atoms. The molecule has 1 aromatic rings. The fourth-order valence-electron chi connectivity index (χ4n) is 2.72. The lowest BCUT2D eigenvalue weighted by Crippen LogP contribution is -2.51. The maximum absolute atomic E-state index is 12.6. The quantitative estimate of drug-likeness (QED) is 0.782. The number of amides is 1. The minimum atomic E-state index is -4.51. The van der Waals surface area contributed by atoms with Crippen LogP contribution in [-0.4, -0.2) is 62.3 Å². The van der Waals surface area contributed by atoms with Gasteiger partial charge in [-0.15, -0.1) is 0 Å². The molecule has 152 valence electrons. The van der Waals surface area contributed by atoms with Crippen LogP contribution in [0.2, 0.25) is 0 Å². The van der Waals surface area contributed by atoms with Crippen LogP contribution < -0.4 is 5.32 Å². The molecule has 10 heteroatoms. The highest BCUT2D eigenvalue weighted by Crippen LogP contribution is 2.30. The molecule has 1 heterocycles. The van der Waals surface area contributed by atoms with Gasteiger partial charge in [-0.25, -0.2) is 8.42 Å². The van der Waals surface area contributed by atoms with Crippen molar-refractivity contribution < 1.29 is 26.4 Å². The molecule has 0 bridgehead atoms. The second kappa shape index (κ2) is 8.57. The minimum absolute atomic E-state index is 0.0823. The zero-order valence-electron chi connectivity index (χ0n) is 15.3. The highest BCUT2D eigenvalue weighted by molar-refractivity contribution is 7.89. The van der Waals surface area contributed by atoms with E-state index in [2.05, 4.69) is 5.32 Å². The molecule has 1 N–H and O–H groups in total. The van der Waals surface area contributed by atoms with Gasteiger partial charge in [-0.2, -0.15) is 17.5 Å². The molecule has 1 aliphatic heterocycles. The van der Waals surface area contributed by atoms with Crippen LogP contribution in [0.4, 0.5) is 13.2 Å². The second-order valence-corrected chi connectivity index (χ2v) is 8.52. The van der Waals surface area contributed by atoms with Crippen LogP contribution in [0.15, 0.2) is 29.2 Å². The van der Waals surface area contributed by atoms with E-state index in [1.165, 1.54) is 4.31 Å². The standard InChI is InChI=1S/C17H24F3N3O3S/c1-3-13(2)21-16(24)12-22-8-10-23(11-9-22)27(25,26)15-6-4-14(5-7-15)17(18,19)20/h4-7,13H,3,8-12H2,1-2H3,(H,21,24)/t13-/m0/s1. The molecule has 1 aliphatic rings. The summed E-state index contributed by atoms with van der Waals surface area (Å²) in [5, 5.41) is 2.86. The first-order valence-corrected chi connectivity index (χ1v) is 10.2. The highest BCUT2D eigenvalue weighted by atomic mass is 32.2. The van der Waals surface area contributed by atoms with Crippen molar-refractivity contribution in [2.75, 3.05) is 32.7 Å². The Morgan fingerprint density at radius 1 is 1.15 bits per heavy atom. The summed E-state index contributed by atoms with van der Waals surface area (Å²) in [6.45, 7) is 5.20. The Balaban J connectivity index is 1.95. The normalized spacial score (nSPS) is 18.3. The summed E-state index contributed by atoms with van der Waals surface area (Å²) in [6, 6.07) is 3.57. The molecule has 1 amide bonds. The van der Waals surface area contributed by atoms with Gasteiger partial charge in [0.25, 0.3) is 0 Å². The van der Waals surface area contributed by atoms with Crippen molar-refractivity contribution in [1.29, 1.82) is 0 Å². The van der Waals surface area contributed by atoms with E-state index in [0.29, 0.717) is 13.1 Å². The predicted molar refractivity (Wildman–Crippen MR) is 94.5 cm³/mol. The van der Waals surface area contributed by atoms with Crippen LogP contribution in [0, 0.1) is 0 Å². The average molecular weight is 407 g/mol. The van der Waals surface area contributed by atoms with Gasteiger partial charge in [0.1, 0.15) is 0 Å². The van der Waals surface area contributed by atoms with Crippen molar-refractivity contribution in [3.63, 3.8) is 0 Å². The number of benzene rings is 1. The second-order valence-electron chi connectivity index (χ2n) is 6.58. The molecular formula is C17H24F3N3O3S. The first-order valence-electron chi connectivity index (χ1n) is 8.73. The van der Waals surface area contributed by atoms with Crippen LogP contribution in [0.1, 0.15) is 25.8 Å². The lowest BCUT2D eigenvalue weighted by Gasteiger charge is -2.33. The Morgan fingerprint density at radius 3 is 2.19 bits per heavy atom. The number of rotatable bonds is 6. The Bertz CT molecular complexity index is 743. The molecule has 0 radical (unpaired) electrons. The number of nitrogens with one attached hydrogen (secondary N) is 1. The zero-order chi connectivity index (χ0) is 20.2. The number of hydrogen-bond acceptors (Lipinski definition) is 4. The van der Waals surface area contributed by atoms with Crippen molar-refractivity contribution in [2.45, 2.75) is 37.4 Å². The van der Waals surface area contributed by atoms with Crippen LogP contribution in [0.5, 0.6) is 0 Å². The van der Waals surface area contributed by atoms with Gasteiger partial charge in [0.05, 0.1) is 17.0 Å². The van der Waals surface area contributed by atoms with Crippen molar-refractivity contribution in [3.8, 4) is 0 Å². The average Bonchev–Trinajstić information content (AvgIpc) is 2.61. The van der Waals surface area contributed by atoms with Crippen molar-refractivity contribution >= 4 is 15.9 Å². The van der Waals surface area contributed by atoms with E-state index in [1.807, 2.05) is 18.7 Å². The summed E-state index contributed by atoms with van der Waals surface area (Å²) in [7, 11) is -3.86. The maximum atomic E-state index is 12.6. The summed E-state index contributed by atoms with van der Waals surface area (Å²) >= 11 is 0. The predicted octanol–water partition coefficient (Wildman–Crippen LogP) is 1.93. The molecule has 0 spiro atoms. The zero-order valence-corrected chi connectivity index (χ0v) is 16.1. The maximum Gasteiger partial charge on any atom is 0.416 e. The first-order chi connectivity index (χ1) is 12.5. The van der Waals surface area contributed by atoms with Crippen molar-refractivity contribution in [2.24, 2.45) is 0 Å². The van der Waals surface area contributed by atoms with Gasteiger partial charge >= 0.3 is 6.18 Å². The van der Waals surface area contributed by atoms with Crippen LogP contribution in [-0.2, 0) is 21.0 Å². The lowest BCUT2D eigenvalue weighted by atomic mass is 10.2. The van der Waals surface area contributed by atoms with E-state index >= 15 is 0 Å². The summed E-state index contributed by atoms with van der Waals surface area (Å²) in [6.07, 6.45) is -3.69. The van der Waals surface area contributed by atoms with Gasteiger partial charge in [-0.3, -0.25) is 9.69 Å². The Hall–Kier alpha value is -1.65. The first kappa shape index (κ1) is 21.6. The summed E-state index contributed by atoms with van der Waals surface area (Å²) in [5.41, 5.74) is -0.890. The molecular weight excluding hydrogens is 383 g/mol. The number of hydrogen-bond donors (Lipinski definition) is 1. The number of sulfonamides is 1. The van der Waals surface area contributed by atoms with E-state index in [4.69, 9.17) is 0 Å². The van der Waals surface area contributed by atoms with E-state index in [1.54, 1.807) is 0 Å². The van der Waals surface area contributed by atoms with Gasteiger partial charge in [-0.1, -0.05) is 6.92 Å². The van der Waals surface area contributed by atoms with E-state index in [9.17, 15) is 26.4 Å². The molecule has 6 nitrogen and oxygen atoms in total. The molecule has 1 fully saturated rings. The number of carbonyl (C=O) groups excluding carboxylic acids is 1. The molecule has 2 rings (SSSR count). The summed E-state index contributed by atoms with van der Waals surface area (Å²) in [5.74, 6) is -0.108. The molecule has 0 aliphatic carbocycles. The molecule has 0 saturated carbocycles. The topological polar surface area (TPSA) is 69.7 Å². The molecule has 1 saturated heterocycles. The highest BCUT2D eigenvalue weighted by Gasteiger charge is 2.32. The van der Waals surface area contributed by atoms with Crippen molar-refractivity contribution in [3.05, 3.63) is 29.8 Å². The Morgan fingerprint density at radius 2 is 1.70 bits per heavy atom. The third-order valence-corrected chi connectivity index (χ3v) is 6.45. The lowest BCUT2D eigenvalue weighted by molar-refractivity contribution is -0.137. The number of nitrogens with zero attached hydrogens (tertiary/aromatic N) is 2. The van der Waals surface area contributed by atoms with E-state index in [0.717, 1.165) is 30.7 Å². The SMILES string of the molecule is CC[C@H](C)NC(=O)CN1CCN(S(=O)(=O)c2ccc(C(F)(F)F)cc2)CC1. The van der Waals surface area contributed by atoms with Crippen LogP contribution in [0.25, 0.3) is 0 Å². The third kappa shape index (κ3) is 5.66. The largest absolute Gasteiger partial charge is 0.416 e. The van der Waals surface area contributed by atoms with Gasteiger partial charge in [-0.05, 0) is 37.6 Å². The number of halogens is 3. The van der Waals surface area contributed by atoms with Crippen LogP contribution >= 0.6 is 0 Å². The Kier molecular flexibility index (Phi) is 6.87. The molecule has 0 aromatic heterocycles. The minimum Gasteiger partial charge on any atom is -0.353 e. The fourth-order valence-corrected chi connectivity index (χ4v) is 4.14. The van der Waals surface area contributed by atoms with E-state index in [-0.39, 0.29) is 36.5 Å². The summed E-state index contributed by atoms with van der Waals surface area (Å²) in [4.78, 5) is 13.6. The molecule has 1 atom stereocenters. The van der Waals surface area contributed by atoms with Gasteiger partial charge in [0.15, 0.2) is 0 Å². The van der Waals surface area contributed by atoms with Crippen molar-refractivity contribution in [1.82, 2.24) is 14.5 Å². The summed E-state index contributed by atoms with van der Waals surface area (Å²) < 4.78 is 64.3. The smallest absolute Gasteiger partial charge is 0.353 e. The molecule has 1 aromatic carbocycles. The third-order valence-electron chi connectivity index (χ3n) is 4.54. The van der Waals surface area contributed by atoms with E-state index < -0.39 is 21.8 Å². The van der Waals surface area contributed by atoms with Gasteiger partial charge in [0, 0.05) is 32.2 Å².